The molecule has 1 atom stereocenters. The highest BCUT2D eigenvalue weighted by Gasteiger charge is 2.08. The van der Waals surface area contributed by atoms with Crippen LogP contribution in [-0.4, -0.2) is 24.4 Å². The predicted molar refractivity (Wildman–Crippen MR) is 113 cm³/mol. The third kappa shape index (κ3) is 5.89. The molecule has 28 heavy (non-hydrogen) atoms. The Morgan fingerprint density at radius 1 is 0.893 bits per heavy atom. The Morgan fingerprint density at radius 2 is 1.57 bits per heavy atom. The zero-order chi connectivity index (χ0) is 19.6. The lowest BCUT2D eigenvalue weighted by Gasteiger charge is -2.16. The van der Waals surface area contributed by atoms with Gasteiger partial charge in [0, 0.05) is 12.2 Å². The largest absolute Gasteiger partial charge is 0.491 e. The van der Waals surface area contributed by atoms with Crippen LogP contribution in [0.15, 0.2) is 91.5 Å². The van der Waals surface area contributed by atoms with Crippen molar-refractivity contribution < 1.29 is 14.6 Å². The van der Waals surface area contributed by atoms with Gasteiger partial charge < -0.3 is 19.9 Å². The Labute approximate surface area is 166 Å². The van der Waals surface area contributed by atoms with Gasteiger partial charge in [0.15, 0.2) is 0 Å². The van der Waals surface area contributed by atoms with E-state index in [1.54, 1.807) is 0 Å². The molecule has 4 heteroatoms. The molecule has 0 saturated carbocycles. The van der Waals surface area contributed by atoms with Crippen LogP contribution in [0, 0.1) is 0 Å². The molecule has 3 aromatic carbocycles. The Bertz CT molecular complexity index is 863. The van der Waals surface area contributed by atoms with Crippen molar-refractivity contribution in [2.75, 3.05) is 18.5 Å². The van der Waals surface area contributed by atoms with Crippen LogP contribution in [0.5, 0.6) is 17.2 Å². The molecular formula is C24H25NO3. The Hall–Kier alpha value is -3.24. The number of ether oxygens (including phenoxy) is 2. The molecule has 2 N–H and O–H groups in total. The first-order valence-electron chi connectivity index (χ1n) is 9.31. The first kappa shape index (κ1) is 19.5. The topological polar surface area (TPSA) is 50.7 Å². The van der Waals surface area contributed by atoms with E-state index >= 15 is 0 Å². The van der Waals surface area contributed by atoms with E-state index in [2.05, 4.69) is 11.9 Å². The summed E-state index contributed by atoms with van der Waals surface area (Å²) in [6.45, 7) is 4.37. The van der Waals surface area contributed by atoms with Crippen molar-refractivity contribution in [1.82, 2.24) is 0 Å². The van der Waals surface area contributed by atoms with Crippen LogP contribution >= 0.6 is 0 Å². The van der Waals surface area contributed by atoms with Gasteiger partial charge in [-0.2, -0.15) is 0 Å². The third-order valence-electron chi connectivity index (χ3n) is 4.14. The molecule has 0 fully saturated rings. The van der Waals surface area contributed by atoms with Crippen molar-refractivity contribution in [3.05, 3.63) is 97.1 Å². The van der Waals surface area contributed by atoms with Crippen LogP contribution in [-0.2, 0) is 6.42 Å². The highest BCUT2D eigenvalue weighted by atomic mass is 16.5. The molecule has 4 nitrogen and oxygen atoms in total. The van der Waals surface area contributed by atoms with E-state index in [1.807, 2.05) is 84.9 Å². The van der Waals surface area contributed by atoms with Crippen LogP contribution in [0.3, 0.4) is 0 Å². The van der Waals surface area contributed by atoms with Crippen molar-refractivity contribution in [1.29, 1.82) is 0 Å². The maximum absolute atomic E-state index is 10.2. The van der Waals surface area contributed by atoms with E-state index in [9.17, 15) is 5.11 Å². The average molecular weight is 375 g/mol. The number of benzene rings is 3. The van der Waals surface area contributed by atoms with E-state index in [1.165, 1.54) is 0 Å². The SMILES string of the molecule is C=CCc1ccccc1OCC(O)CNc1ccc(Oc2ccccc2)cc1. The van der Waals surface area contributed by atoms with Crippen molar-refractivity contribution >= 4 is 5.69 Å². The lowest BCUT2D eigenvalue weighted by molar-refractivity contribution is 0.117. The summed E-state index contributed by atoms with van der Waals surface area (Å²) in [5, 5.41) is 13.4. The smallest absolute Gasteiger partial charge is 0.127 e. The van der Waals surface area contributed by atoms with Crippen LogP contribution in [0.2, 0.25) is 0 Å². The third-order valence-corrected chi connectivity index (χ3v) is 4.14. The van der Waals surface area contributed by atoms with Gasteiger partial charge in [-0.15, -0.1) is 6.58 Å². The van der Waals surface area contributed by atoms with Crippen molar-refractivity contribution in [2.24, 2.45) is 0 Å². The summed E-state index contributed by atoms with van der Waals surface area (Å²) in [7, 11) is 0. The van der Waals surface area contributed by atoms with Gasteiger partial charge in [-0.3, -0.25) is 0 Å². The molecule has 0 aliphatic heterocycles. The van der Waals surface area contributed by atoms with Crippen molar-refractivity contribution in [2.45, 2.75) is 12.5 Å². The van der Waals surface area contributed by atoms with Gasteiger partial charge in [0.2, 0.25) is 0 Å². The van der Waals surface area contributed by atoms with Crippen LogP contribution < -0.4 is 14.8 Å². The maximum atomic E-state index is 10.2. The average Bonchev–Trinajstić information content (AvgIpc) is 2.73. The number of anilines is 1. The van der Waals surface area contributed by atoms with Crippen LogP contribution in [0.25, 0.3) is 0 Å². The fourth-order valence-corrected chi connectivity index (χ4v) is 2.71. The first-order valence-corrected chi connectivity index (χ1v) is 9.31. The minimum absolute atomic E-state index is 0.219. The summed E-state index contributed by atoms with van der Waals surface area (Å²) in [6.07, 6.45) is 1.95. The van der Waals surface area contributed by atoms with Crippen LogP contribution in [0.4, 0.5) is 5.69 Å². The highest BCUT2D eigenvalue weighted by Crippen LogP contribution is 2.23. The van der Waals surface area contributed by atoms with Crippen LogP contribution in [0.1, 0.15) is 5.56 Å². The van der Waals surface area contributed by atoms with Gasteiger partial charge in [0.25, 0.3) is 0 Å². The summed E-state index contributed by atoms with van der Waals surface area (Å²) >= 11 is 0. The lowest BCUT2D eigenvalue weighted by atomic mass is 10.1. The zero-order valence-electron chi connectivity index (χ0n) is 15.8. The standard InChI is InChI=1S/C24H25NO3/c1-2-8-19-9-6-7-12-24(19)27-18-21(26)17-25-20-13-15-23(16-14-20)28-22-10-4-3-5-11-22/h2-7,9-16,21,25-26H,1,8,17-18H2. The molecule has 0 aliphatic rings. The molecular weight excluding hydrogens is 350 g/mol. The van der Waals surface area contributed by atoms with E-state index in [4.69, 9.17) is 9.47 Å². The minimum Gasteiger partial charge on any atom is -0.491 e. The molecule has 0 spiro atoms. The number of rotatable bonds is 10. The number of nitrogens with one attached hydrogen (secondary N) is 1. The molecule has 0 saturated heterocycles. The predicted octanol–water partition coefficient (Wildman–Crippen LogP) is 5.06. The van der Waals surface area contributed by atoms with E-state index in [-0.39, 0.29) is 6.61 Å². The fourth-order valence-electron chi connectivity index (χ4n) is 2.71. The number of hydrogen-bond acceptors (Lipinski definition) is 4. The van der Waals surface area contributed by atoms with Gasteiger partial charge in [-0.1, -0.05) is 42.5 Å². The summed E-state index contributed by atoms with van der Waals surface area (Å²) in [5.41, 5.74) is 1.97. The lowest BCUT2D eigenvalue weighted by Crippen LogP contribution is -2.26. The van der Waals surface area contributed by atoms with Crippen molar-refractivity contribution in [3.63, 3.8) is 0 Å². The Morgan fingerprint density at radius 3 is 2.32 bits per heavy atom. The fraction of sp³-hybridized carbons (Fsp3) is 0.167. The molecule has 3 aromatic rings. The number of hydrogen-bond donors (Lipinski definition) is 2. The Balaban J connectivity index is 1.45. The summed E-state index contributed by atoms with van der Waals surface area (Å²) in [4.78, 5) is 0. The number of para-hydroxylation sites is 2. The van der Waals surface area contributed by atoms with Gasteiger partial charge in [-0.05, 0) is 54.4 Å². The number of allylic oxidation sites excluding steroid dienone is 1. The van der Waals surface area contributed by atoms with Gasteiger partial charge >= 0.3 is 0 Å². The molecule has 3 rings (SSSR count). The molecule has 0 aliphatic carbocycles. The van der Waals surface area contributed by atoms with E-state index < -0.39 is 6.10 Å². The molecule has 0 amide bonds. The molecule has 0 bridgehead atoms. The molecule has 0 radical (unpaired) electrons. The monoisotopic (exact) mass is 375 g/mol. The summed E-state index contributed by atoms with van der Waals surface area (Å²) < 4.78 is 11.5. The second-order valence-corrected chi connectivity index (χ2v) is 6.39. The second kappa shape index (κ2) is 10.2. The summed E-state index contributed by atoms with van der Waals surface area (Å²) in [5.74, 6) is 2.34. The number of aliphatic hydroxyl groups excluding tert-OH is 1. The second-order valence-electron chi connectivity index (χ2n) is 6.39. The zero-order valence-corrected chi connectivity index (χ0v) is 15.8. The first-order chi connectivity index (χ1) is 13.7. The quantitative estimate of drug-likeness (QED) is 0.486. The van der Waals surface area contributed by atoms with E-state index in [0.717, 1.165) is 34.9 Å². The van der Waals surface area contributed by atoms with E-state index in [0.29, 0.717) is 6.54 Å². The molecule has 144 valence electrons. The molecule has 1 unspecified atom stereocenters. The molecule has 0 aromatic heterocycles. The maximum Gasteiger partial charge on any atom is 0.127 e. The summed E-state index contributed by atoms with van der Waals surface area (Å²) in [6, 6.07) is 25.1. The minimum atomic E-state index is -0.628. The number of aliphatic hydroxyl groups is 1. The van der Waals surface area contributed by atoms with Gasteiger partial charge in [0.1, 0.15) is 30.0 Å². The Kier molecular flexibility index (Phi) is 7.10. The molecule has 0 heterocycles. The normalized spacial score (nSPS) is 11.5. The van der Waals surface area contributed by atoms with Crippen molar-refractivity contribution in [3.8, 4) is 17.2 Å². The van der Waals surface area contributed by atoms with Gasteiger partial charge in [-0.25, -0.2) is 0 Å². The van der Waals surface area contributed by atoms with Gasteiger partial charge in [0.05, 0.1) is 0 Å². The highest BCUT2D eigenvalue weighted by molar-refractivity contribution is 5.47.